The molecule has 0 heterocycles. The van der Waals surface area contributed by atoms with Crippen molar-refractivity contribution in [1.29, 1.82) is 0 Å². The largest absolute Gasteiger partial charge is 0.0810 e. The Labute approximate surface area is 144 Å². The lowest BCUT2D eigenvalue weighted by Gasteiger charge is -2.27. The molecule has 0 amide bonds. The Balaban J connectivity index is 2.13. The lowest BCUT2D eigenvalue weighted by atomic mass is 10.0. The van der Waals surface area contributed by atoms with Crippen LogP contribution >= 0.6 is 0 Å². The Hall–Kier alpha value is -1.08. The number of unbranched alkanes of at least 4 members (excludes halogenated alkanes) is 5. The van der Waals surface area contributed by atoms with Crippen LogP contribution < -0.4 is 5.19 Å². The van der Waals surface area contributed by atoms with Crippen molar-refractivity contribution in [3.63, 3.8) is 0 Å². The maximum atomic E-state index is 2.57. The number of benzene rings is 2. The molecule has 0 saturated heterocycles. The van der Waals surface area contributed by atoms with E-state index in [1.54, 1.807) is 5.19 Å². The van der Waals surface area contributed by atoms with Crippen molar-refractivity contribution in [2.75, 3.05) is 0 Å². The van der Waals surface area contributed by atoms with Gasteiger partial charge >= 0.3 is 0 Å². The van der Waals surface area contributed by atoms with E-state index in [2.05, 4.69) is 64.2 Å². The highest BCUT2D eigenvalue weighted by Gasteiger charge is 2.25. The molecule has 0 radical (unpaired) electrons. The SMILES string of the molecule is CCCCCCCC[Si](C)(C)c1cc(C)c2ccccc2c1C. The molecule has 0 aliphatic rings. The number of fused-ring (bicyclic) bond motifs is 1. The average Bonchev–Trinajstić information content (AvgIpc) is 2.54. The van der Waals surface area contributed by atoms with E-state index >= 15 is 0 Å². The van der Waals surface area contributed by atoms with E-state index < -0.39 is 8.07 Å². The quantitative estimate of drug-likeness (QED) is 0.372. The molecule has 0 saturated carbocycles. The second-order valence-electron chi connectivity index (χ2n) is 7.81. The van der Waals surface area contributed by atoms with Crippen LogP contribution in [0.15, 0.2) is 30.3 Å². The first-order chi connectivity index (χ1) is 11.0. The highest BCUT2D eigenvalue weighted by Crippen LogP contribution is 2.25. The van der Waals surface area contributed by atoms with Crippen LogP contribution in [0.1, 0.15) is 56.6 Å². The number of aryl methyl sites for hydroxylation is 2. The summed E-state index contributed by atoms with van der Waals surface area (Å²) in [5, 5.41) is 4.58. The lowest BCUT2D eigenvalue weighted by molar-refractivity contribution is 0.623. The fourth-order valence-electron chi connectivity index (χ4n) is 3.89. The smallest absolute Gasteiger partial charge is 0.0654 e. The summed E-state index contributed by atoms with van der Waals surface area (Å²) >= 11 is 0. The molecule has 0 nitrogen and oxygen atoms in total. The summed E-state index contributed by atoms with van der Waals surface area (Å²) in [7, 11) is -1.34. The van der Waals surface area contributed by atoms with Crippen LogP contribution in [-0.2, 0) is 0 Å². The molecular formula is C22H34Si. The van der Waals surface area contributed by atoms with Crippen molar-refractivity contribution in [2.24, 2.45) is 0 Å². The van der Waals surface area contributed by atoms with Gasteiger partial charge in [-0.1, -0.05) is 100 Å². The van der Waals surface area contributed by atoms with Gasteiger partial charge in [0.15, 0.2) is 0 Å². The highest BCUT2D eigenvalue weighted by molar-refractivity contribution is 6.90. The molecule has 23 heavy (non-hydrogen) atoms. The van der Waals surface area contributed by atoms with Gasteiger partial charge in [0, 0.05) is 0 Å². The van der Waals surface area contributed by atoms with Gasteiger partial charge < -0.3 is 0 Å². The average molecular weight is 327 g/mol. The Morgan fingerprint density at radius 2 is 1.43 bits per heavy atom. The predicted octanol–water partition coefficient (Wildman–Crippen LogP) is 6.73. The first kappa shape index (κ1) is 18.3. The van der Waals surface area contributed by atoms with Gasteiger partial charge in [-0.3, -0.25) is 0 Å². The van der Waals surface area contributed by atoms with Gasteiger partial charge in [-0.15, -0.1) is 0 Å². The molecule has 0 spiro atoms. The second kappa shape index (κ2) is 8.15. The second-order valence-corrected chi connectivity index (χ2v) is 12.6. The van der Waals surface area contributed by atoms with Gasteiger partial charge in [0.05, 0.1) is 8.07 Å². The molecular weight excluding hydrogens is 292 g/mol. The summed E-state index contributed by atoms with van der Waals surface area (Å²) in [5.41, 5.74) is 2.98. The van der Waals surface area contributed by atoms with Crippen LogP contribution in [0.4, 0.5) is 0 Å². The third-order valence-corrected chi connectivity index (χ3v) is 8.99. The number of hydrogen-bond donors (Lipinski definition) is 0. The summed E-state index contributed by atoms with van der Waals surface area (Å²) in [6.45, 7) is 12.0. The highest BCUT2D eigenvalue weighted by atomic mass is 28.3. The Morgan fingerprint density at radius 3 is 2.13 bits per heavy atom. The standard InChI is InChI=1S/C22H34Si/c1-6-7-8-9-10-13-16-23(4,5)22-17-18(2)20-14-11-12-15-21(20)19(22)3/h11-12,14-15,17H,6-10,13,16H2,1-5H3. The van der Waals surface area contributed by atoms with Crippen molar-refractivity contribution < 1.29 is 0 Å². The molecule has 0 N–H and O–H groups in total. The molecule has 0 fully saturated rings. The predicted molar refractivity (Wildman–Crippen MR) is 109 cm³/mol. The topological polar surface area (TPSA) is 0 Å². The summed E-state index contributed by atoms with van der Waals surface area (Å²) in [5.74, 6) is 0. The van der Waals surface area contributed by atoms with Crippen LogP contribution in [-0.4, -0.2) is 8.07 Å². The van der Waals surface area contributed by atoms with Crippen LogP contribution in [0.2, 0.25) is 19.1 Å². The Bertz CT molecular complexity index is 640. The van der Waals surface area contributed by atoms with E-state index in [1.165, 1.54) is 66.5 Å². The Kier molecular flexibility index (Phi) is 6.47. The third kappa shape index (κ3) is 4.47. The van der Waals surface area contributed by atoms with Crippen molar-refractivity contribution in [1.82, 2.24) is 0 Å². The van der Waals surface area contributed by atoms with Gasteiger partial charge in [0.1, 0.15) is 0 Å². The van der Waals surface area contributed by atoms with Crippen molar-refractivity contribution >= 4 is 24.0 Å². The van der Waals surface area contributed by atoms with E-state index in [0.29, 0.717) is 0 Å². The molecule has 0 unspecified atom stereocenters. The minimum Gasteiger partial charge on any atom is -0.0654 e. The van der Waals surface area contributed by atoms with Gasteiger partial charge in [-0.2, -0.15) is 0 Å². The van der Waals surface area contributed by atoms with Crippen molar-refractivity contribution in [3.05, 3.63) is 41.5 Å². The zero-order chi connectivity index (χ0) is 16.9. The maximum Gasteiger partial charge on any atom is 0.0810 e. The molecule has 0 aromatic heterocycles. The van der Waals surface area contributed by atoms with Gasteiger partial charge in [-0.25, -0.2) is 0 Å². The number of hydrogen-bond acceptors (Lipinski definition) is 0. The molecule has 2 aromatic rings. The van der Waals surface area contributed by atoms with Gasteiger partial charge in [0.2, 0.25) is 0 Å². The molecule has 126 valence electrons. The molecule has 2 rings (SSSR count). The lowest BCUT2D eigenvalue weighted by Crippen LogP contribution is -2.43. The zero-order valence-electron chi connectivity index (χ0n) is 15.8. The van der Waals surface area contributed by atoms with Crippen LogP contribution in [0.3, 0.4) is 0 Å². The minimum absolute atomic E-state index is 1.34. The van der Waals surface area contributed by atoms with Crippen LogP contribution in [0, 0.1) is 13.8 Å². The van der Waals surface area contributed by atoms with Gasteiger partial charge in [-0.05, 0) is 35.7 Å². The van der Waals surface area contributed by atoms with E-state index in [0.717, 1.165) is 0 Å². The summed E-state index contributed by atoms with van der Waals surface area (Å²) in [6, 6.07) is 12.8. The van der Waals surface area contributed by atoms with E-state index in [1.807, 2.05) is 0 Å². The molecule has 0 atom stereocenters. The zero-order valence-corrected chi connectivity index (χ0v) is 16.8. The van der Waals surface area contributed by atoms with Crippen LogP contribution in [0.5, 0.6) is 0 Å². The van der Waals surface area contributed by atoms with E-state index in [9.17, 15) is 0 Å². The summed E-state index contributed by atoms with van der Waals surface area (Å²) < 4.78 is 0. The molecule has 0 aliphatic heterocycles. The molecule has 0 bridgehead atoms. The normalized spacial score (nSPS) is 12.0. The molecule has 2 aromatic carbocycles. The first-order valence-corrected chi connectivity index (χ1v) is 12.7. The summed E-state index contributed by atoms with van der Waals surface area (Å²) in [6.07, 6.45) is 8.43. The van der Waals surface area contributed by atoms with E-state index in [-0.39, 0.29) is 0 Å². The fourth-order valence-corrected chi connectivity index (χ4v) is 7.05. The van der Waals surface area contributed by atoms with E-state index in [4.69, 9.17) is 0 Å². The number of rotatable bonds is 8. The fraction of sp³-hybridized carbons (Fsp3) is 0.545. The first-order valence-electron chi connectivity index (χ1n) is 9.47. The summed E-state index contributed by atoms with van der Waals surface area (Å²) in [4.78, 5) is 0. The van der Waals surface area contributed by atoms with Crippen LogP contribution in [0.25, 0.3) is 10.8 Å². The van der Waals surface area contributed by atoms with Crippen molar-refractivity contribution in [2.45, 2.75) is 78.4 Å². The molecule has 0 aliphatic carbocycles. The van der Waals surface area contributed by atoms with Crippen molar-refractivity contribution in [3.8, 4) is 0 Å². The minimum atomic E-state index is -1.34. The van der Waals surface area contributed by atoms with Gasteiger partial charge in [0.25, 0.3) is 0 Å². The maximum absolute atomic E-state index is 2.57. The third-order valence-electron chi connectivity index (χ3n) is 5.41. The molecule has 1 heteroatoms. The monoisotopic (exact) mass is 326 g/mol. The Morgan fingerprint density at radius 1 is 0.826 bits per heavy atom.